The van der Waals surface area contributed by atoms with Crippen molar-refractivity contribution < 1.29 is 27.5 Å². The number of carbonyl (C=O) groups is 2. The van der Waals surface area contributed by atoms with Crippen LogP contribution in [-0.4, -0.2) is 47.7 Å². The number of amides is 2. The third-order valence-electron chi connectivity index (χ3n) is 4.71. The number of aromatic nitrogens is 1. The first-order chi connectivity index (χ1) is 15.1. The first kappa shape index (κ1) is 23.0. The lowest BCUT2D eigenvalue weighted by Crippen LogP contribution is -2.43. The molecule has 0 fully saturated rings. The molecular formula is C22H21F3N4O3. The number of hydrogen-bond acceptors (Lipinski definition) is 5. The highest BCUT2D eigenvalue weighted by Gasteiger charge is 2.31. The number of hydrogen-bond donors (Lipinski definition) is 2. The van der Waals surface area contributed by atoms with Crippen molar-refractivity contribution in [2.24, 2.45) is 0 Å². The number of rotatable bonds is 7. The van der Waals surface area contributed by atoms with Crippen molar-refractivity contribution in [3.63, 3.8) is 0 Å². The fourth-order valence-electron chi connectivity index (χ4n) is 2.95. The molecule has 2 N–H and O–H groups in total. The van der Waals surface area contributed by atoms with Crippen molar-refractivity contribution in [1.29, 1.82) is 0 Å². The standard InChI is InChI=1S/C22H21F3N4O3/c1-14(21(31)28-19-7-3-6-18-17(19)5-4-12-26-18)29(2)13-20(30)27-15-8-10-16(11-9-15)32-22(23,24)25/h3-12,14H,13H2,1-2H3,(H,27,30)(H,28,31). The van der Waals surface area contributed by atoms with Crippen LogP contribution in [0.5, 0.6) is 5.75 Å². The zero-order chi connectivity index (χ0) is 23.3. The molecule has 0 radical (unpaired) electrons. The van der Waals surface area contributed by atoms with E-state index in [1.807, 2.05) is 12.1 Å². The molecule has 10 heteroatoms. The molecule has 0 aliphatic carbocycles. The summed E-state index contributed by atoms with van der Waals surface area (Å²) in [6.07, 6.45) is -3.12. The average molecular weight is 446 g/mol. The quantitative estimate of drug-likeness (QED) is 0.573. The van der Waals surface area contributed by atoms with E-state index < -0.39 is 18.3 Å². The van der Waals surface area contributed by atoms with E-state index in [0.717, 1.165) is 23.0 Å². The van der Waals surface area contributed by atoms with Gasteiger partial charge in [0.1, 0.15) is 5.75 Å². The Labute approximate surface area is 182 Å². The maximum absolute atomic E-state index is 12.7. The van der Waals surface area contributed by atoms with E-state index in [2.05, 4.69) is 20.4 Å². The molecule has 2 amide bonds. The summed E-state index contributed by atoms with van der Waals surface area (Å²) in [5.74, 6) is -1.11. The number of nitrogens with one attached hydrogen (secondary N) is 2. The van der Waals surface area contributed by atoms with Crippen molar-refractivity contribution in [3.8, 4) is 5.75 Å². The van der Waals surface area contributed by atoms with Gasteiger partial charge in [-0.1, -0.05) is 6.07 Å². The smallest absolute Gasteiger partial charge is 0.406 e. The van der Waals surface area contributed by atoms with Gasteiger partial charge in [0.05, 0.1) is 23.8 Å². The summed E-state index contributed by atoms with van der Waals surface area (Å²) in [5, 5.41) is 6.23. The second kappa shape index (κ2) is 9.65. The first-order valence-corrected chi connectivity index (χ1v) is 9.63. The number of pyridine rings is 1. The van der Waals surface area contributed by atoms with Crippen LogP contribution in [0.25, 0.3) is 10.9 Å². The van der Waals surface area contributed by atoms with Crippen molar-refractivity contribution in [1.82, 2.24) is 9.88 Å². The number of likely N-dealkylation sites (N-methyl/N-ethyl adjacent to an activating group) is 1. The number of carbonyl (C=O) groups excluding carboxylic acids is 2. The molecule has 1 aromatic heterocycles. The Morgan fingerprint density at radius 1 is 1.06 bits per heavy atom. The number of halogens is 3. The predicted octanol–water partition coefficient (Wildman–Crippen LogP) is 4.03. The SMILES string of the molecule is CC(C(=O)Nc1cccc2ncccc12)N(C)CC(=O)Nc1ccc(OC(F)(F)F)cc1. The third kappa shape index (κ3) is 6.17. The molecule has 0 bridgehead atoms. The van der Waals surface area contributed by atoms with Gasteiger partial charge in [-0.25, -0.2) is 0 Å². The zero-order valence-electron chi connectivity index (χ0n) is 17.3. The number of anilines is 2. The van der Waals surface area contributed by atoms with Crippen molar-refractivity contribution >= 4 is 34.1 Å². The van der Waals surface area contributed by atoms with Crippen LogP contribution in [0.4, 0.5) is 24.5 Å². The van der Waals surface area contributed by atoms with Gasteiger partial charge in [0.15, 0.2) is 0 Å². The highest BCUT2D eigenvalue weighted by molar-refractivity contribution is 6.03. The Kier molecular flexibility index (Phi) is 6.94. The molecule has 3 aromatic rings. The number of fused-ring (bicyclic) bond motifs is 1. The van der Waals surface area contributed by atoms with Gasteiger partial charge in [-0.2, -0.15) is 0 Å². The monoisotopic (exact) mass is 446 g/mol. The van der Waals surface area contributed by atoms with Crippen LogP contribution in [0.3, 0.4) is 0 Å². The Bertz CT molecular complexity index is 1100. The number of ether oxygens (including phenoxy) is 1. The summed E-state index contributed by atoms with van der Waals surface area (Å²) in [4.78, 5) is 30.8. The van der Waals surface area contributed by atoms with E-state index in [0.29, 0.717) is 11.4 Å². The van der Waals surface area contributed by atoms with Crippen LogP contribution in [0.15, 0.2) is 60.8 Å². The van der Waals surface area contributed by atoms with E-state index in [-0.39, 0.29) is 18.2 Å². The number of alkyl halides is 3. The van der Waals surface area contributed by atoms with E-state index in [4.69, 9.17) is 0 Å². The van der Waals surface area contributed by atoms with Crippen LogP contribution in [0, 0.1) is 0 Å². The number of nitrogens with zero attached hydrogens (tertiary/aromatic N) is 2. The average Bonchev–Trinajstić information content (AvgIpc) is 2.73. The highest BCUT2D eigenvalue weighted by atomic mass is 19.4. The molecule has 1 heterocycles. The van der Waals surface area contributed by atoms with Crippen LogP contribution >= 0.6 is 0 Å². The minimum atomic E-state index is -4.78. The van der Waals surface area contributed by atoms with Crippen LogP contribution in [0.1, 0.15) is 6.92 Å². The topological polar surface area (TPSA) is 83.6 Å². The van der Waals surface area contributed by atoms with E-state index >= 15 is 0 Å². The largest absolute Gasteiger partial charge is 0.573 e. The molecule has 168 valence electrons. The molecule has 0 saturated carbocycles. The Hall–Kier alpha value is -3.66. The van der Waals surface area contributed by atoms with Gasteiger partial charge in [-0.15, -0.1) is 13.2 Å². The van der Waals surface area contributed by atoms with E-state index in [1.54, 1.807) is 43.3 Å². The van der Waals surface area contributed by atoms with Gasteiger partial charge in [0, 0.05) is 17.3 Å². The minimum Gasteiger partial charge on any atom is -0.406 e. The summed E-state index contributed by atoms with van der Waals surface area (Å²) in [6, 6.07) is 13.2. The van der Waals surface area contributed by atoms with Gasteiger partial charge < -0.3 is 15.4 Å². The first-order valence-electron chi connectivity index (χ1n) is 9.63. The van der Waals surface area contributed by atoms with Gasteiger partial charge in [-0.05, 0) is 62.5 Å². The second-order valence-corrected chi connectivity index (χ2v) is 7.08. The summed E-state index contributed by atoms with van der Waals surface area (Å²) in [5.41, 5.74) is 1.67. The molecule has 2 aromatic carbocycles. The summed E-state index contributed by atoms with van der Waals surface area (Å²) < 4.78 is 40.4. The van der Waals surface area contributed by atoms with Gasteiger partial charge in [0.25, 0.3) is 0 Å². The van der Waals surface area contributed by atoms with E-state index in [1.165, 1.54) is 12.1 Å². The second-order valence-electron chi connectivity index (χ2n) is 7.08. The van der Waals surface area contributed by atoms with Crippen molar-refractivity contribution in [2.75, 3.05) is 24.2 Å². The normalized spacial score (nSPS) is 12.4. The van der Waals surface area contributed by atoms with E-state index in [9.17, 15) is 22.8 Å². The highest BCUT2D eigenvalue weighted by Crippen LogP contribution is 2.24. The number of benzene rings is 2. The lowest BCUT2D eigenvalue weighted by Gasteiger charge is -2.23. The van der Waals surface area contributed by atoms with Crippen LogP contribution in [-0.2, 0) is 9.59 Å². The van der Waals surface area contributed by atoms with Crippen LogP contribution in [0.2, 0.25) is 0 Å². The lowest BCUT2D eigenvalue weighted by molar-refractivity contribution is -0.274. The summed E-state index contributed by atoms with van der Waals surface area (Å²) >= 11 is 0. The van der Waals surface area contributed by atoms with Gasteiger partial charge in [0.2, 0.25) is 11.8 Å². The fourth-order valence-corrected chi connectivity index (χ4v) is 2.95. The van der Waals surface area contributed by atoms with Crippen molar-refractivity contribution in [2.45, 2.75) is 19.3 Å². The molecule has 3 rings (SSSR count). The molecule has 32 heavy (non-hydrogen) atoms. The molecule has 1 unspecified atom stereocenters. The third-order valence-corrected chi connectivity index (χ3v) is 4.71. The molecule has 1 atom stereocenters. The Balaban J connectivity index is 1.55. The zero-order valence-corrected chi connectivity index (χ0v) is 17.3. The minimum absolute atomic E-state index is 0.105. The van der Waals surface area contributed by atoms with Gasteiger partial charge in [-0.3, -0.25) is 19.5 Å². The maximum atomic E-state index is 12.7. The summed E-state index contributed by atoms with van der Waals surface area (Å²) in [7, 11) is 1.62. The molecule has 7 nitrogen and oxygen atoms in total. The molecule has 0 saturated heterocycles. The molecular weight excluding hydrogens is 425 g/mol. The lowest BCUT2D eigenvalue weighted by atomic mass is 10.1. The predicted molar refractivity (Wildman–Crippen MR) is 114 cm³/mol. The Morgan fingerprint density at radius 3 is 2.47 bits per heavy atom. The maximum Gasteiger partial charge on any atom is 0.573 e. The molecule has 0 spiro atoms. The Morgan fingerprint density at radius 2 is 1.78 bits per heavy atom. The van der Waals surface area contributed by atoms with Crippen LogP contribution < -0.4 is 15.4 Å². The molecule has 0 aliphatic rings. The summed E-state index contributed by atoms with van der Waals surface area (Å²) in [6.45, 7) is 1.56. The van der Waals surface area contributed by atoms with Gasteiger partial charge >= 0.3 is 6.36 Å². The molecule has 0 aliphatic heterocycles. The van der Waals surface area contributed by atoms with Crippen molar-refractivity contribution in [3.05, 3.63) is 60.8 Å². The fraction of sp³-hybridized carbons (Fsp3) is 0.227.